The molecule has 0 fully saturated rings. The van der Waals surface area contributed by atoms with Crippen LogP contribution >= 0.6 is 11.6 Å². The molecule has 4 rings (SSSR count). The van der Waals surface area contributed by atoms with Crippen LogP contribution in [0, 0.1) is 0 Å². The first-order valence-electron chi connectivity index (χ1n) is 7.53. The van der Waals surface area contributed by atoms with E-state index >= 15 is 0 Å². The zero-order valence-electron chi connectivity index (χ0n) is 12.7. The van der Waals surface area contributed by atoms with E-state index in [0.717, 1.165) is 28.2 Å². The van der Waals surface area contributed by atoms with Crippen molar-refractivity contribution in [2.24, 2.45) is 0 Å². The van der Waals surface area contributed by atoms with Crippen molar-refractivity contribution in [3.05, 3.63) is 77.8 Å². The first-order chi connectivity index (χ1) is 11.8. The molecule has 0 spiro atoms. The van der Waals surface area contributed by atoms with E-state index in [1.54, 1.807) is 23.1 Å². The Bertz CT molecular complexity index is 981. The highest BCUT2D eigenvalue weighted by Crippen LogP contribution is 2.26. The van der Waals surface area contributed by atoms with Gasteiger partial charge >= 0.3 is 0 Å². The van der Waals surface area contributed by atoms with Crippen LogP contribution in [0.1, 0.15) is 5.56 Å². The second kappa shape index (κ2) is 6.29. The molecular formula is C18H14ClN5. The predicted molar refractivity (Wildman–Crippen MR) is 95.0 cm³/mol. The third kappa shape index (κ3) is 2.94. The highest BCUT2D eigenvalue weighted by atomic mass is 35.5. The Hall–Kier alpha value is -2.92. The van der Waals surface area contributed by atoms with E-state index in [0.29, 0.717) is 11.6 Å². The summed E-state index contributed by atoms with van der Waals surface area (Å²) in [6.45, 7) is 0.687. The van der Waals surface area contributed by atoms with Gasteiger partial charge in [0, 0.05) is 35.7 Å². The molecule has 1 aromatic carbocycles. The molecule has 3 aromatic heterocycles. The van der Waals surface area contributed by atoms with Crippen molar-refractivity contribution in [3.8, 4) is 11.1 Å². The van der Waals surface area contributed by atoms with Crippen molar-refractivity contribution < 1.29 is 0 Å². The fourth-order valence-electron chi connectivity index (χ4n) is 2.52. The largest absolute Gasteiger partial charge is 0.366 e. The molecule has 0 radical (unpaired) electrons. The fraction of sp³-hybridized carbons (Fsp3) is 0.0556. The minimum Gasteiger partial charge on any atom is -0.366 e. The van der Waals surface area contributed by atoms with Gasteiger partial charge in [0.05, 0.1) is 6.20 Å². The molecule has 0 bridgehead atoms. The van der Waals surface area contributed by atoms with Gasteiger partial charge in [-0.1, -0.05) is 23.7 Å². The Morgan fingerprint density at radius 1 is 1.08 bits per heavy atom. The number of anilines is 1. The molecule has 0 saturated carbocycles. The Labute approximate surface area is 144 Å². The highest BCUT2D eigenvalue weighted by molar-refractivity contribution is 6.30. The minimum atomic E-state index is 0.687. The van der Waals surface area contributed by atoms with Crippen molar-refractivity contribution >= 4 is 23.1 Å². The molecule has 4 aromatic rings. The number of nitrogens with zero attached hydrogens (tertiary/aromatic N) is 4. The maximum absolute atomic E-state index is 6.10. The Morgan fingerprint density at radius 3 is 2.79 bits per heavy atom. The molecule has 24 heavy (non-hydrogen) atoms. The molecule has 6 heteroatoms. The fourth-order valence-corrected chi connectivity index (χ4v) is 2.71. The van der Waals surface area contributed by atoms with Gasteiger partial charge < -0.3 is 5.32 Å². The molecule has 0 unspecified atom stereocenters. The number of hydrogen-bond donors (Lipinski definition) is 1. The van der Waals surface area contributed by atoms with Gasteiger partial charge in [0.25, 0.3) is 0 Å². The normalized spacial score (nSPS) is 10.9. The molecule has 3 heterocycles. The number of nitrogens with one attached hydrogen (secondary N) is 1. The van der Waals surface area contributed by atoms with E-state index in [1.807, 2.05) is 48.7 Å². The van der Waals surface area contributed by atoms with E-state index in [2.05, 4.69) is 20.4 Å². The van der Waals surface area contributed by atoms with Crippen LogP contribution in [-0.2, 0) is 6.54 Å². The van der Waals surface area contributed by atoms with Crippen molar-refractivity contribution in [1.29, 1.82) is 0 Å². The van der Waals surface area contributed by atoms with Gasteiger partial charge in [-0.25, -0.2) is 9.50 Å². The summed E-state index contributed by atoms with van der Waals surface area (Å²) < 4.78 is 1.76. The van der Waals surface area contributed by atoms with E-state index in [-0.39, 0.29) is 0 Å². The number of rotatable bonds is 4. The molecule has 0 aliphatic rings. The lowest BCUT2D eigenvalue weighted by molar-refractivity contribution is 0.936. The van der Waals surface area contributed by atoms with Gasteiger partial charge in [-0.2, -0.15) is 5.10 Å². The third-order valence-electron chi connectivity index (χ3n) is 3.73. The quantitative estimate of drug-likeness (QED) is 0.611. The number of hydrogen-bond acceptors (Lipinski definition) is 4. The molecule has 0 aliphatic carbocycles. The number of benzene rings is 1. The summed E-state index contributed by atoms with van der Waals surface area (Å²) in [7, 11) is 0. The molecule has 1 N–H and O–H groups in total. The van der Waals surface area contributed by atoms with Crippen molar-refractivity contribution in [3.63, 3.8) is 0 Å². The first kappa shape index (κ1) is 14.7. The zero-order valence-corrected chi connectivity index (χ0v) is 13.5. The second-order valence-electron chi connectivity index (χ2n) is 5.36. The molecule has 0 aliphatic heterocycles. The van der Waals surface area contributed by atoms with Crippen LogP contribution in [0.4, 0.5) is 5.82 Å². The zero-order chi connectivity index (χ0) is 16.4. The molecule has 0 saturated heterocycles. The summed E-state index contributed by atoms with van der Waals surface area (Å²) in [5.41, 5.74) is 3.88. The number of fused-ring (bicyclic) bond motifs is 1. The van der Waals surface area contributed by atoms with E-state index in [9.17, 15) is 0 Å². The van der Waals surface area contributed by atoms with Crippen LogP contribution in [0.5, 0.6) is 0 Å². The lowest BCUT2D eigenvalue weighted by Gasteiger charge is -2.06. The van der Waals surface area contributed by atoms with Crippen LogP contribution in [0.3, 0.4) is 0 Å². The van der Waals surface area contributed by atoms with Gasteiger partial charge in [0.2, 0.25) is 0 Å². The SMILES string of the molecule is Clc1cccc(-c2cnn3ccc(NCc4ccncc4)nc23)c1. The van der Waals surface area contributed by atoms with Gasteiger partial charge in [-0.05, 0) is 41.5 Å². The number of aromatic nitrogens is 4. The van der Waals surface area contributed by atoms with Gasteiger partial charge in [0.1, 0.15) is 5.82 Å². The summed E-state index contributed by atoms with van der Waals surface area (Å²) in [4.78, 5) is 8.71. The lowest BCUT2D eigenvalue weighted by atomic mass is 10.1. The number of halogens is 1. The molecule has 0 atom stereocenters. The average molecular weight is 336 g/mol. The van der Waals surface area contributed by atoms with Gasteiger partial charge in [-0.3, -0.25) is 4.98 Å². The molecule has 118 valence electrons. The van der Waals surface area contributed by atoms with E-state index in [1.165, 1.54) is 0 Å². The topological polar surface area (TPSA) is 55.1 Å². The summed E-state index contributed by atoms with van der Waals surface area (Å²) in [6, 6.07) is 13.5. The first-order valence-corrected chi connectivity index (χ1v) is 7.90. The van der Waals surface area contributed by atoms with Crippen LogP contribution in [0.2, 0.25) is 5.02 Å². The highest BCUT2D eigenvalue weighted by Gasteiger charge is 2.09. The summed E-state index contributed by atoms with van der Waals surface area (Å²) in [6.07, 6.45) is 7.26. The Balaban J connectivity index is 1.66. The smallest absolute Gasteiger partial charge is 0.165 e. The summed E-state index contributed by atoms with van der Waals surface area (Å²) in [5, 5.41) is 8.38. The van der Waals surface area contributed by atoms with Crippen LogP contribution in [-0.4, -0.2) is 19.6 Å². The third-order valence-corrected chi connectivity index (χ3v) is 3.96. The maximum Gasteiger partial charge on any atom is 0.165 e. The van der Waals surface area contributed by atoms with E-state index < -0.39 is 0 Å². The molecular weight excluding hydrogens is 322 g/mol. The molecule has 0 amide bonds. The predicted octanol–water partition coefficient (Wildman–Crippen LogP) is 4.06. The van der Waals surface area contributed by atoms with Crippen molar-refractivity contribution in [2.45, 2.75) is 6.54 Å². The summed E-state index contributed by atoms with van der Waals surface area (Å²) in [5.74, 6) is 0.795. The van der Waals surface area contributed by atoms with Crippen LogP contribution < -0.4 is 5.32 Å². The Morgan fingerprint density at radius 2 is 1.96 bits per heavy atom. The Kier molecular flexibility index (Phi) is 3.84. The lowest BCUT2D eigenvalue weighted by Crippen LogP contribution is -2.02. The maximum atomic E-state index is 6.10. The van der Waals surface area contributed by atoms with Crippen LogP contribution in [0.15, 0.2) is 67.3 Å². The number of pyridine rings is 1. The van der Waals surface area contributed by atoms with Gasteiger partial charge in [0.15, 0.2) is 5.65 Å². The minimum absolute atomic E-state index is 0.687. The van der Waals surface area contributed by atoms with Gasteiger partial charge in [-0.15, -0.1) is 0 Å². The molecule has 5 nitrogen and oxygen atoms in total. The standard InChI is InChI=1S/C18H14ClN5/c19-15-3-1-2-14(10-15)16-12-22-24-9-6-17(23-18(16)24)21-11-13-4-7-20-8-5-13/h1-10,12H,11H2,(H,21,23). The average Bonchev–Trinajstić information content (AvgIpc) is 3.04. The monoisotopic (exact) mass is 335 g/mol. The van der Waals surface area contributed by atoms with E-state index in [4.69, 9.17) is 11.6 Å². The second-order valence-corrected chi connectivity index (χ2v) is 5.80. The summed E-state index contributed by atoms with van der Waals surface area (Å²) >= 11 is 6.10. The van der Waals surface area contributed by atoms with Crippen LogP contribution in [0.25, 0.3) is 16.8 Å². The van der Waals surface area contributed by atoms with Crippen molar-refractivity contribution in [2.75, 3.05) is 5.32 Å². The van der Waals surface area contributed by atoms with Crippen molar-refractivity contribution in [1.82, 2.24) is 19.6 Å².